The molecule has 88 valence electrons. The second-order valence-electron chi connectivity index (χ2n) is 3.84. The summed E-state index contributed by atoms with van der Waals surface area (Å²) in [4.78, 5) is 11.2. The van der Waals surface area contributed by atoms with Crippen LogP contribution in [0.2, 0.25) is 0 Å². The molecule has 0 bridgehead atoms. The minimum absolute atomic E-state index is 0.119. The average molecular weight is 231 g/mol. The van der Waals surface area contributed by atoms with Gasteiger partial charge in [0, 0.05) is 13.0 Å². The molecule has 0 aliphatic heterocycles. The average Bonchev–Trinajstić information content (AvgIpc) is 2.78. The summed E-state index contributed by atoms with van der Waals surface area (Å²) in [5, 5.41) is 3.72. The van der Waals surface area contributed by atoms with E-state index in [1.165, 1.54) is 6.92 Å². The van der Waals surface area contributed by atoms with Gasteiger partial charge in [0.2, 0.25) is 0 Å². The zero-order valence-electron chi connectivity index (χ0n) is 9.98. The Bertz CT molecular complexity index is 558. The van der Waals surface area contributed by atoms with E-state index >= 15 is 0 Å². The number of Topliss-reactive ketones (excluding diaryl/α,β-unsaturated/α-hetero) is 1. The number of methoxy groups -OCH3 is 1. The molecule has 0 radical (unpaired) electrons. The minimum atomic E-state index is -0.119. The smallest absolute Gasteiger partial charge is 0.181 e. The summed E-state index contributed by atoms with van der Waals surface area (Å²) in [7, 11) is 1.59. The number of aromatic nitrogens is 1. The Kier molecular flexibility index (Phi) is 2.95. The van der Waals surface area contributed by atoms with Crippen molar-refractivity contribution in [1.29, 1.82) is 0 Å². The maximum atomic E-state index is 11.2. The molecule has 1 aromatic carbocycles. The van der Waals surface area contributed by atoms with E-state index < -0.39 is 0 Å². The highest BCUT2D eigenvalue weighted by Crippen LogP contribution is 2.31. The SMILES string of the molecule is COc1ccc(C)cc1-c1cc(C(C)=O)no1. The lowest BCUT2D eigenvalue weighted by atomic mass is 10.1. The third kappa shape index (κ3) is 2.20. The molecule has 1 aromatic heterocycles. The highest BCUT2D eigenvalue weighted by molar-refractivity contribution is 5.93. The highest BCUT2D eigenvalue weighted by atomic mass is 16.5. The van der Waals surface area contributed by atoms with Crippen molar-refractivity contribution in [2.75, 3.05) is 7.11 Å². The Morgan fingerprint density at radius 3 is 2.71 bits per heavy atom. The van der Waals surface area contributed by atoms with Crippen molar-refractivity contribution >= 4 is 5.78 Å². The summed E-state index contributed by atoms with van der Waals surface area (Å²) < 4.78 is 10.4. The topological polar surface area (TPSA) is 52.3 Å². The van der Waals surface area contributed by atoms with Crippen LogP contribution in [-0.4, -0.2) is 18.0 Å². The molecule has 0 unspecified atom stereocenters. The highest BCUT2D eigenvalue weighted by Gasteiger charge is 2.13. The number of ketones is 1. The lowest BCUT2D eigenvalue weighted by Crippen LogP contribution is -1.90. The van der Waals surface area contributed by atoms with Gasteiger partial charge in [0.25, 0.3) is 0 Å². The zero-order chi connectivity index (χ0) is 12.4. The zero-order valence-corrected chi connectivity index (χ0v) is 9.98. The fraction of sp³-hybridized carbons (Fsp3) is 0.231. The van der Waals surface area contributed by atoms with E-state index in [2.05, 4.69) is 5.16 Å². The van der Waals surface area contributed by atoms with Crippen LogP contribution in [0.4, 0.5) is 0 Å². The van der Waals surface area contributed by atoms with E-state index in [9.17, 15) is 4.79 Å². The van der Waals surface area contributed by atoms with Gasteiger partial charge in [-0.05, 0) is 19.1 Å². The lowest BCUT2D eigenvalue weighted by molar-refractivity contribution is 0.100. The number of hydrogen-bond acceptors (Lipinski definition) is 4. The van der Waals surface area contributed by atoms with E-state index in [1.54, 1.807) is 13.2 Å². The van der Waals surface area contributed by atoms with Crippen LogP contribution >= 0.6 is 0 Å². The number of rotatable bonds is 3. The van der Waals surface area contributed by atoms with Crippen molar-refractivity contribution in [3.05, 3.63) is 35.5 Å². The van der Waals surface area contributed by atoms with Crippen LogP contribution in [0.25, 0.3) is 11.3 Å². The maximum Gasteiger partial charge on any atom is 0.181 e. The van der Waals surface area contributed by atoms with Gasteiger partial charge in [0.1, 0.15) is 11.4 Å². The molecule has 0 saturated heterocycles. The first kappa shape index (κ1) is 11.4. The fourth-order valence-electron chi connectivity index (χ4n) is 1.58. The van der Waals surface area contributed by atoms with Gasteiger partial charge in [0.15, 0.2) is 11.5 Å². The van der Waals surface area contributed by atoms with Gasteiger partial charge in [0.05, 0.1) is 12.7 Å². The number of benzene rings is 1. The molecule has 1 heterocycles. The van der Waals surface area contributed by atoms with Crippen LogP contribution in [-0.2, 0) is 0 Å². The van der Waals surface area contributed by atoms with Crippen molar-refractivity contribution in [3.63, 3.8) is 0 Å². The molecule has 17 heavy (non-hydrogen) atoms. The second kappa shape index (κ2) is 4.41. The quantitative estimate of drug-likeness (QED) is 0.762. The Balaban J connectivity index is 2.51. The molecule has 4 nitrogen and oxygen atoms in total. The molecule has 0 amide bonds. The molecule has 0 fully saturated rings. The van der Waals surface area contributed by atoms with Gasteiger partial charge in [-0.15, -0.1) is 0 Å². The first-order chi connectivity index (χ1) is 8.11. The summed E-state index contributed by atoms with van der Waals surface area (Å²) in [5.74, 6) is 1.12. The van der Waals surface area contributed by atoms with Gasteiger partial charge >= 0.3 is 0 Å². The first-order valence-corrected chi connectivity index (χ1v) is 5.24. The van der Waals surface area contributed by atoms with Crippen LogP contribution in [0.3, 0.4) is 0 Å². The predicted molar refractivity (Wildman–Crippen MR) is 63.2 cm³/mol. The minimum Gasteiger partial charge on any atom is -0.496 e. The van der Waals surface area contributed by atoms with Crippen molar-refractivity contribution in [2.24, 2.45) is 0 Å². The van der Waals surface area contributed by atoms with Crippen molar-refractivity contribution in [3.8, 4) is 17.1 Å². The van der Waals surface area contributed by atoms with E-state index in [0.29, 0.717) is 17.2 Å². The molecular weight excluding hydrogens is 218 g/mol. The molecular formula is C13H13NO3. The largest absolute Gasteiger partial charge is 0.496 e. The monoisotopic (exact) mass is 231 g/mol. The molecule has 0 atom stereocenters. The standard InChI is InChI=1S/C13H13NO3/c1-8-4-5-12(16-3)10(6-8)13-7-11(9(2)15)14-17-13/h4-7H,1-3H3. The second-order valence-corrected chi connectivity index (χ2v) is 3.84. The van der Waals surface area contributed by atoms with Gasteiger partial charge in [-0.25, -0.2) is 0 Å². The van der Waals surface area contributed by atoms with Gasteiger partial charge in [-0.2, -0.15) is 0 Å². The number of aryl methyl sites for hydroxylation is 1. The van der Waals surface area contributed by atoms with Gasteiger partial charge < -0.3 is 9.26 Å². The number of carbonyl (C=O) groups excluding carboxylic acids is 1. The number of carbonyl (C=O) groups is 1. The molecule has 2 rings (SSSR count). The van der Waals surface area contributed by atoms with Gasteiger partial charge in [-0.1, -0.05) is 16.8 Å². The molecule has 4 heteroatoms. The predicted octanol–water partition coefficient (Wildman–Crippen LogP) is 2.86. The molecule has 2 aromatic rings. The van der Waals surface area contributed by atoms with Gasteiger partial charge in [-0.3, -0.25) is 4.79 Å². The third-order valence-electron chi connectivity index (χ3n) is 2.49. The van der Waals surface area contributed by atoms with Crippen molar-refractivity contribution in [2.45, 2.75) is 13.8 Å². The van der Waals surface area contributed by atoms with E-state index in [4.69, 9.17) is 9.26 Å². The van der Waals surface area contributed by atoms with E-state index in [-0.39, 0.29) is 5.78 Å². The first-order valence-electron chi connectivity index (χ1n) is 5.24. The Morgan fingerprint density at radius 2 is 2.12 bits per heavy atom. The van der Waals surface area contributed by atoms with Crippen molar-refractivity contribution in [1.82, 2.24) is 5.16 Å². The van der Waals surface area contributed by atoms with Crippen LogP contribution in [0.1, 0.15) is 23.0 Å². The van der Waals surface area contributed by atoms with Crippen molar-refractivity contribution < 1.29 is 14.1 Å². The molecule has 0 saturated carbocycles. The van der Waals surface area contributed by atoms with Crippen LogP contribution in [0, 0.1) is 6.92 Å². The third-order valence-corrected chi connectivity index (χ3v) is 2.49. The molecule has 0 N–H and O–H groups in total. The Morgan fingerprint density at radius 1 is 1.35 bits per heavy atom. The Labute approximate surface area is 99.2 Å². The van der Waals surface area contributed by atoms with E-state index in [1.807, 2.05) is 25.1 Å². The fourth-order valence-corrected chi connectivity index (χ4v) is 1.58. The summed E-state index contributed by atoms with van der Waals surface area (Å²) >= 11 is 0. The number of nitrogens with zero attached hydrogens (tertiary/aromatic N) is 1. The normalized spacial score (nSPS) is 10.3. The maximum absolute atomic E-state index is 11.2. The van der Waals surface area contributed by atoms with Crippen LogP contribution in [0.5, 0.6) is 5.75 Å². The summed E-state index contributed by atoms with van der Waals surface area (Å²) in [6.07, 6.45) is 0. The number of hydrogen-bond donors (Lipinski definition) is 0. The summed E-state index contributed by atoms with van der Waals surface area (Å²) in [6.45, 7) is 3.43. The Hall–Kier alpha value is -2.10. The molecule has 0 aliphatic rings. The number of ether oxygens (including phenoxy) is 1. The summed E-state index contributed by atoms with van der Waals surface area (Å²) in [6, 6.07) is 7.37. The molecule has 0 spiro atoms. The summed E-state index contributed by atoms with van der Waals surface area (Å²) in [5.41, 5.74) is 2.21. The van der Waals surface area contributed by atoms with Crippen LogP contribution < -0.4 is 4.74 Å². The lowest BCUT2D eigenvalue weighted by Gasteiger charge is -2.05. The van der Waals surface area contributed by atoms with E-state index in [0.717, 1.165) is 11.1 Å². The van der Waals surface area contributed by atoms with Crippen LogP contribution in [0.15, 0.2) is 28.8 Å². The molecule has 0 aliphatic carbocycles.